The number of carboxylic acids is 1. The molecule has 0 spiro atoms. The molecule has 1 saturated heterocycles. The number of ether oxygens (including phenoxy) is 1. The molecule has 2 atom stereocenters. The maximum Gasteiger partial charge on any atom is 1.00 e. The smallest absolute Gasteiger partial charge is 0.547 e. The van der Waals surface area contributed by atoms with E-state index in [1.165, 1.54) is 5.56 Å². The van der Waals surface area contributed by atoms with E-state index in [1.807, 2.05) is 31.2 Å². The molecular formula is C14H16ClNaO3. The van der Waals surface area contributed by atoms with Gasteiger partial charge in [0.25, 0.3) is 0 Å². The first kappa shape index (κ1) is 17.0. The molecule has 0 radical (unpaired) electrons. The molecule has 0 N–H and O–H groups in total. The molecule has 2 unspecified atom stereocenters. The van der Waals surface area contributed by atoms with Crippen LogP contribution in [-0.4, -0.2) is 18.2 Å². The van der Waals surface area contributed by atoms with Gasteiger partial charge in [-0.2, -0.15) is 0 Å². The number of halogens is 1. The van der Waals surface area contributed by atoms with Crippen LogP contribution in [0.2, 0.25) is 5.02 Å². The van der Waals surface area contributed by atoms with Gasteiger partial charge in [0.05, 0.1) is 12.6 Å². The van der Waals surface area contributed by atoms with Crippen LogP contribution in [-0.2, 0) is 16.0 Å². The fourth-order valence-electron chi connectivity index (χ4n) is 2.18. The molecule has 1 aromatic carbocycles. The van der Waals surface area contributed by atoms with Crippen LogP contribution < -0.4 is 34.7 Å². The number of hydrogen-bond donors (Lipinski definition) is 0. The maximum atomic E-state index is 10.9. The van der Waals surface area contributed by atoms with Crippen molar-refractivity contribution in [2.45, 2.75) is 31.8 Å². The fourth-order valence-corrected chi connectivity index (χ4v) is 2.30. The van der Waals surface area contributed by atoms with E-state index in [0.29, 0.717) is 0 Å². The van der Waals surface area contributed by atoms with E-state index in [0.717, 1.165) is 24.3 Å². The molecule has 1 aromatic rings. The molecule has 1 fully saturated rings. The van der Waals surface area contributed by atoms with Crippen molar-refractivity contribution in [2.24, 2.45) is 5.92 Å². The zero-order chi connectivity index (χ0) is 13.2. The zero-order valence-electron chi connectivity index (χ0n) is 11.3. The molecule has 1 aliphatic rings. The number of epoxide rings is 1. The van der Waals surface area contributed by atoms with Crippen molar-refractivity contribution in [3.8, 4) is 0 Å². The van der Waals surface area contributed by atoms with Crippen LogP contribution in [0.3, 0.4) is 0 Å². The summed E-state index contributed by atoms with van der Waals surface area (Å²) in [7, 11) is 0. The SMILES string of the molecule is CC(CCCc1ccc(Cl)cc1)C1(C(=O)[O-])CO1.[Na+]. The van der Waals surface area contributed by atoms with E-state index < -0.39 is 11.6 Å². The van der Waals surface area contributed by atoms with Crippen molar-refractivity contribution >= 4 is 17.6 Å². The third-order valence-electron chi connectivity index (χ3n) is 3.61. The molecule has 0 amide bonds. The van der Waals surface area contributed by atoms with Crippen LogP contribution in [0.5, 0.6) is 0 Å². The Bertz CT molecular complexity index is 429. The number of aliphatic carboxylic acids is 1. The Hall–Kier alpha value is -0.0600. The summed E-state index contributed by atoms with van der Waals surface area (Å²) in [6, 6.07) is 7.73. The molecule has 3 nitrogen and oxygen atoms in total. The topological polar surface area (TPSA) is 52.7 Å². The second kappa shape index (κ2) is 7.09. The van der Waals surface area contributed by atoms with E-state index in [9.17, 15) is 9.90 Å². The average molecular weight is 291 g/mol. The second-order valence-electron chi connectivity index (χ2n) is 4.89. The van der Waals surface area contributed by atoms with Crippen LogP contribution in [0.4, 0.5) is 0 Å². The molecule has 0 saturated carbocycles. The Labute approximate surface area is 140 Å². The average Bonchev–Trinajstić information content (AvgIpc) is 3.13. The molecule has 0 aliphatic carbocycles. The number of aryl methyl sites for hydroxylation is 1. The number of rotatable bonds is 6. The van der Waals surface area contributed by atoms with Gasteiger partial charge in [-0.05, 0) is 42.9 Å². The monoisotopic (exact) mass is 290 g/mol. The number of carbonyl (C=O) groups is 1. The molecule has 1 aliphatic heterocycles. The Morgan fingerprint density at radius 3 is 2.53 bits per heavy atom. The van der Waals surface area contributed by atoms with E-state index in [4.69, 9.17) is 16.3 Å². The molecule has 98 valence electrons. The standard InChI is InChI=1S/C14H17ClO3.Na/c1-10(14(9-18-14)13(16)17)3-2-4-11-5-7-12(15)8-6-11;/h5-8,10H,2-4,9H2,1H3,(H,16,17);/q;+1/p-1. The Kier molecular flexibility index (Phi) is 6.34. The van der Waals surface area contributed by atoms with E-state index >= 15 is 0 Å². The molecule has 0 aromatic heterocycles. The minimum Gasteiger partial charge on any atom is -0.547 e. The molecule has 1 heterocycles. The summed E-state index contributed by atoms with van der Waals surface area (Å²) in [6.45, 7) is 2.20. The summed E-state index contributed by atoms with van der Waals surface area (Å²) in [6.07, 6.45) is 2.67. The van der Waals surface area contributed by atoms with Crippen LogP contribution in [0.1, 0.15) is 25.3 Å². The third-order valence-corrected chi connectivity index (χ3v) is 3.86. The third kappa shape index (κ3) is 4.20. The van der Waals surface area contributed by atoms with Crippen LogP contribution in [0.25, 0.3) is 0 Å². The molecule has 5 heteroatoms. The molecule has 0 bridgehead atoms. The van der Waals surface area contributed by atoms with Gasteiger partial charge in [-0.25, -0.2) is 0 Å². The van der Waals surface area contributed by atoms with Gasteiger partial charge in [-0.3, -0.25) is 0 Å². The van der Waals surface area contributed by atoms with Gasteiger partial charge < -0.3 is 14.6 Å². The van der Waals surface area contributed by atoms with Crippen molar-refractivity contribution in [2.75, 3.05) is 6.61 Å². The van der Waals surface area contributed by atoms with Crippen molar-refractivity contribution in [3.05, 3.63) is 34.9 Å². The van der Waals surface area contributed by atoms with Gasteiger partial charge in [0, 0.05) is 5.02 Å². The van der Waals surface area contributed by atoms with Crippen molar-refractivity contribution in [3.63, 3.8) is 0 Å². The minimum atomic E-state index is -1.08. The Morgan fingerprint density at radius 2 is 2.05 bits per heavy atom. The normalized spacial score (nSPS) is 22.4. The first-order valence-corrected chi connectivity index (χ1v) is 6.52. The molecular weight excluding hydrogens is 275 g/mol. The first-order chi connectivity index (χ1) is 8.54. The summed E-state index contributed by atoms with van der Waals surface area (Å²) < 4.78 is 5.06. The van der Waals surface area contributed by atoms with E-state index in [1.54, 1.807) is 0 Å². The number of carboxylic acid groups (broad SMARTS) is 1. The second-order valence-corrected chi connectivity index (χ2v) is 5.32. The Balaban J connectivity index is 0.00000180. The van der Waals surface area contributed by atoms with Gasteiger partial charge in [0.1, 0.15) is 5.60 Å². The van der Waals surface area contributed by atoms with Gasteiger partial charge in [-0.1, -0.05) is 30.7 Å². The summed E-state index contributed by atoms with van der Waals surface area (Å²) in [5, 5.41) is 11.7. The zero-order valence-corrected chi connectivity index (χ0v) is 14.1. The molecule has 2 rings (SSSR count). The van der Waals surface area contributed by atoms with Gasteiger partial charge in [0.2, 0.25) is 0 Å². The van der Waals surface area contributed by atoms with Crippen molar-refractivity contribution < 1.29 is 44.2 Å². The number of benzene rings is 1. The first-order valence-electron chi connectivity index (χ1n) is 6.14. The van der Waals surface area contributed by atoms with Gasteiger partial charge in [0.15, 0.2) is 0 Å². The van der Waals surface area contributed by atoms with E-state index in [2.05, 4.69) is 0 Å². The minimum absolute atomic E-state index is 0. The predicted octanol–water partition coefficient (Wildman–Crippen LogP) is -1.18. The number of hydrogen-bond acceptors (Lipinski definition) is 3. The summed E-state index contributed by atoms with van der Waals surface area (Å²) in [5.74, 6) is -1.09. The van der Waals surface area contributed by atoms with Gasteiger partial charge in [-0.15, -0.1) is 0 Å². The summed E-state index contributed by atoms with van der Waals surface area (Å²) >= 11 is 5.81. The maximum absolute atomic E-state index is 10.9. The predicted molar refractivity (Wildman–Crippen MR) is 67.2 cm³/mol. The molecule has 19 heavy (non-hydrogen) atoms. The fraction of sp³-hybridized carbons (Fsp3) is 0.500. The quantitative estimate of drug-likeness (QED) is 0.490. The van der Waals surface area contributed by atoms with E-state index in [-0.39, 0.29) is 42.1 Å². The van der Waals surface area contributed by atoms with Crippen LogP contribution in [0.15, 0.2) is 24.3 Å². The number of carbonyl (C=O) groups excluding carboxylic acids is 1. The Morgan fingerprint density at radius 1 is 1.47 bits per heavy atom. The van der Waals surface area contributed by atoms with Crippen molar-refractivity contribution in [1.29, 1.82) is 0 Å². The summed E-state index contributed by atoms with van der Waals surface area (Å²) in [5.41, 5.74) is 0.200. The summed E-state index contributed by atoms with van der Waals surface area (Å²) in [4.78, 5) is 10.9. The van der Waals surface area contributed by atoms with Crippen LogP contribution >= 0.6 is 11.6 Å². The van der Waals surface area contributed by atoms with Crippen LogP contribution in [0, 0.1) is 5.92 Å². The largest absolute Gasteiger partial charge is 1.00 e. The van der Waals surface area contributed by atoms with Gasteiger partial charge >= 0.3 is 29.6 Å². The van der Waals surface area contributed by atoms with Crippen molar-refractivity contribution in [1.82, 2.24) is 0 Å².